The van der Waals surface area contributed by atoms with E-state index in [9.17, 15) is 14.4 Å². The second kappa shape index (κ2) is 2.21. The van der Waals surface area contributed by atoms with Crippen molar-refractivity contribution < 1.29 is 19.5 Å². The molecule has 3 N–H and O–H groups in total. The summed E-state index contributed by atoms with van der Waals surface area (Å²) in [6.07, 6.45) is 0.838. The lowest BCUT2D eigenvalue weighted by Gasteiger charge is -2.47. The number of carbonyl (C=O) groups is 3. The summed E-state index contributed by atoms with van der Waals surface area (Å²) < 4.78 is 0. The average molecular weight is 184 g/mol. The first-order valence-electron chi connectivity index (χ1n) is 3.93. The molecule has 3 amide bonds. The summed E-state index contributed by atoms with van der Waals surface area (Å²) in [6.45, 7) is 0. The average Bonchev–Trinajstić information content (AvgIpc) is 1.95. The van der Waals surface area contributed by atoms with Crippen molar-refractivity contribution in [3.8, 4) is 0 Å². The third kappa shape index (κ3) is 0.796. The lowest BCUT2D eigenvalue weighted by Crippen LogP contribution is -2.72. The maximum atomic E-state index is 11.3. The molecule has 0 aromatic rings. The molecule has 0 radical (unpaired) electrons. The van der Waals surface area contributed by atoms with Gasteiger partial charge in [-0.05, 0) is 12.8 Å². The smallest absolute Gasteiger partial charge is 0.321 e. The van der Waals surface area contributed by atoms with Crippen molar-refractivity contribution in [3.63, 3.8) is 0 Å². The monoisotopic (exact) mass is 184 g/mol. The summed E-state index contributed by atoms with van der Waals surface area (Å²) in [4.78, 5) is 32.9. The van der Waals surface area contributed by atoms with Crippen molar-refractivity contribution in [2.75, 3.05) is 0 Å². The SMILES string of the molecule is O=C1NC(=O)[C@]2(C(=O)O)CC[C@@H]2N1. The molecule has 2 atom stereocenters. The van der Waals surface area contributed by atoms with Crippen LogP contribution in [0, 0.1) is 5.41 Å². The number of fused-ring (bicyclic) bond motifs is 1. The Morgan fingerprint density at radius 2 is 2.23 bits per heavy atom. The summed E-state index contributed by atoms with van der Waals surface area (Å²) in [5, 5.41) is 13.2. The Labute approximate surface area is 73.3 Å². The molecule has 2 rings (SSSR count). The summed E-state index contributed by atoms with van der Waals surface area (Å²) in [5.74, 6) is -1.86. The van der Waals surface area contributed by atoms with Gasteiger partial charge in [-0.2, -0.15) is 0 Å². The second-order valence-electron chi connectivity index (χ2n) is 3.30. The van der Waals surface area contributed by atoms with Gasteiger partial charge in [0.15, 0.2) is 5.41 Å². The highest BCUT2D eigenvalue weighted by Crippen LogP contribution is 2.43. The Hall–Kier alpha value is -1.59. The molecule has 6 nitrogen and oxygen atoms in total. The van der Waals surface area contributed by atoms with E-state index in [1.165, 1.54) is 0 Å². The minimum absolute atomic E-state index is 0.291. The number of urea groups is 1. The highest BCUT2D eigenvalue weighted by molar-refractivity contribution is 6.12. The highest BCUT2D eigenvalue weighted by Gasteiger charge is 2.62. The van der Waals surface area contributed by atoms with Crippen LogP contribution in [0.15, 0.2) is 0 Å². The predicted molar refractivity (Wildman–Crippen MR) is 39.8 cm³/mol. The summed E-state index contributed by atoms with van der Waals surface area (Å²) in [7, 11) is 0. The molecule has 0 aromatic carbocycles. The molecule has 2 aliphatic rings. The van der Waals surface area contributed by atoms with E-state index in [-0.39, 0.29) is 0 Å². The number of aliphatic carboxylic acids is 1. The van der Waals surface area contributed by atoms with Crippen molar-refractivity contribution in [1.82, 2.24) is 10.6 Å². The van der Waals surface area contributed by atoms with Gasteiger partial charge in [0.1, 0.15) is 0 Å². The zero-order valence-electron chi connectivity index (χ0n) is 6.66. The highest BCUT2D eigenvalue weighted by atomic mass is 16.4. The molecule has 13 heavy (non-hydrogen) atoms. The molecule has 1 aliphatic heterocycles. The first kappa shape index (κ1) is 8.03. The van der Waals surface area contributed by atoms with Gasteiger partial charge < -0.3 is 10.4 Å². The number of hydrogen-bond donors (Lipinski definition) is 3. The number of hydrogen-bond acceptors (Lipinski definition) is 3. The second-order valence-corrected chi connectivity index (χ2v) is 3.30. The molecular formula is C7H8N2O4. The normalized spacial score (nSPS) is 36.8. The molecular weight excluding hydrogens is 176 g/mol. The number of imide groups is 1. The van der Waals surface area contributed by atoms with Gasteiger partial charge in [-0.3, -0.25) is 14.9 Å². The number of nitrogens with one attached hydrogen (secondary N) is 2. The van der Waals surface area contributed by atoms with Gasteiger partial charge in [0, 0.05) is 0 Å². The molecule has 1 heterocycles. The number of rotatable bonds is 1. The van der Waals surface area contributed by atoms with Gasteiger partial charge in [-0.1, -0.05) is 0 Å². The maximum absolute atomic E-state index is 11.3. The van der Waals surface area contributed by atoms with E-state index in [1.807, 2.05) is 5.32 Å². The Morgan fingerprint density at radius 1 is 1.54 bits per heavy atom. The van der Waals surface area contributed by atoms with Crippen LogP contribution in [0.3, 0.4) is 0 Å². The van der Waals surface area contributed by atoms with Crippen LogP contribution in [0.5, 0.6) is 0 Å². The summed E-state index contributed by atoms with van der Waals surface area (Å²) >= 11 is 0. The molecule has 1 aliphatic carbocycles. The van der Waals surface area contributed by atoms with Crippen LogP contribution in [0.1, 0.15) is 12.8 Å². The number of carbonyl (C=O) groups excluding carboxylic acids is 2. The van der Waals surface area contributed by atoms with Crippen molar-refractivity contribution in [3.05, 3.63) is 0 Å². The standard InChI is InChI=1S/C7H8N2O4/c10-4-7(5(11)12)2-1-3(7)8-6(13)9-4/h3H,1-2H2,(H,11,12)(H2,8,9,10,13)/t3-,7-/m0/s1. The van der Waals surface area contributed by atoms with Crippen molar-refractivity contribution in [1.29, 1.82) is 0 Å². The van der Waals surface area contributed by atoms with Crippen LogP contribution in [0.25, 0.3) is 0 Å². The topological polar surface area (TPSA) is 95.5 Å². The van der Waals surface area contributed by atoms with Gasteiger partial charge in [-0.15, -0.1) is 0 Å². The lowest BCUT2D eigenvalue weighted by molar-refractivity contribution is -0.165. The zero-order chi connectivity index (χ0) is 9.64. The van der Waals surface area contributed by atoms with Crippen LogP contribution in [0.4, 0.5) is 4.79 Å². The number of carboxylic acids is 1. The van der Waals surface area contributed by atoms with Crippen LogP contribution in [-0.4, -0.2) is 29.1 Å². The van der Waals surface area contributed by atoms with E-state index in [0.29, 0.717) is 12.8 Å². The largest absolute Gasteiger partial charge is 0.480 e. The van der Waals surface area contributed by atoms with Crippen molar-refractivity contribution >= 4 is 17.9 Å². The molecule has 6 heteroatoms. The Balaban J connectivity index is 2.33. The van der Waals surface area contributed by atoms with Crippen molar-refractivity contribution in [2.24, 2.45) is 5.41 Å². The first-order valence-corrected chi connectivity index (χ1v) is 3.93. The van der Waals surface area contributed by atoms with Gasteiger partial charge in [0.25, 0.3) is 0 Å². The van der Waals surface area contributed by atoms with E-state index < -0.39 is 29.4 Å². The Morgan fingerprint density at radius 3 is 2.62 bits per heavy atom. The van der Waals surface area contributed by atoms with E-state index >= 15 is 0 Å². The summed E-state index contributed by atoms with van der Waals surface area (Å²) in [6, 6.07) is -1.14. The van der Waals surface area contributed by atoms with E-state index in [4.69, 9.17) is 5.11 Å². The Kier molecular flexibility index (Phi) is 1.37. The maximum Gasteiger partial charge on any atom is 0.321 e. The van der Waals surface area contributed by atoms with Crippen LogP contribution >= 0.6 is 0 Å². The third-order valence-electron chi connectivity index (χ3n) is 2.74. The fourth-order valence-electron chi connectivity index (χ4n) is 1.81. The fraction of sp³-hybridized carbons (Fsp3) is 0.571. The molecule has 2 fully saturated rings. The van der Waals surface area contributed by atoms with Crippen molar-refractivity contribution in [2.45, 2.75) is 18.9 Å². The lowest BCUT2D eigenvalue weighted by atomic mass is 9.63. The number of amides is 3. The Bertz CT molecular complexity index is 314. The minimum atomic E-state index is -1.41. The quantitative estimate of drug-likeness (QED) is 0.458. The molecule has 1 saturated carbocycles. The minimum Gasteiger partial charge on any atom is -0.480 e. The molecule has 0 spiro atoms. The van der Waals surface area contributed by atoms with Crippen LogP contribution < -0.4 is 10.6 Å². The van der Waals surface area contributed by atoms with Gasteiger partial charge in [0.2, 0.25) is 5.91 Å². The number of carboxylic acid groups (broad SMARTS) is 1. The predicted octanol–water partition coefficient (Wildman–Crippen LogP) is -0.941. The molecule has 70 valence electrons. The van der Waals surface area contributed by atoms with E-state index in [0.717, 1.165) is 0 Å². The van der Waals surface area contributed by atoms with Gasteiger partial charge >= 0.3 is 12.0 Å². The summed E-state index contributed by atoms with van der Waals surface area (Å²) in [5.41, 5.74) is -1.41. The van der Waals surface area contributed by atoms with Gasteiger partial charge in [0.05, 0.1) is 6.04 Å². The van der Waals surface area contributed by atoms with Crippen LogP contribution in [0.2, 0.25) is 0 Å². The molecule has 0 aromatic heterocycles. The third-order valence-corrected chi connectivity index (χ3v) is 2.74. The fourth-order valence-corrected chi connectivity index (χ4v) is 1.81. The van der Waals surface area contributed by atoms with Crippen LogP contribution in [-0.2, 0) is 9.59 Å². The molecule has 0 bridgehead atoms. The first-order chi connectivity index (χ1) is 6.07. The van der Waals surface area contributed by atoms with Gasteiger partial charge in [-0.25, -0.2) is 4.79 Å². The van der Waals surface area contributed by atoms with E-state index in [1.54, 1.807) is 0 Å². The molecule has 0 unspecified atom stereocenters. The molecule has 1 saturated heterocycles. The zero-order valence-corrected chi connectivity index (χ0v) is 6.66. The van der Waals surface area contributed by atoms with E-state index in [2.05, 4.69) is 5.32 Å².